The molecule has 3 rings (SSSR count). The molecular weight excluding hydrogens is 308 g/mol. The van der Waals surface area contributed by atoms with E-state index < -0.39 is 11.0 Å². The zero-order chi connectivity index (χ0) is 17.4. The Morgan fingerprint density at radius 1 is 1.25 bits per heavy atom. The summed E-state index contributed by atoms with van der Waals surface area (Å²) >= 11 is 0. The lowest BCUT2D eigenvalue weighted by Gasteiger charge is -2.40. The number of rotatable bonds is 4. The number of hydrogen-bond acceptors (Lipinski definition) is 4. The summed E-state index contributed by atoms with van der Waals surface area (Å²) in [5, 5.41) is 2.62. The smallest absolute Gasteiger partial charge is 0.253 e. The fourth-order valence-corrected chi connectivity index (χ4v) is 3.41. The van der Waals surface area contributed by atoms with Crippen molar-refractivity contribution in [1.82, 2.24) is 10.2 Å². The van der Waals surface area contributed by atoms with Gasteiger partial charge in [-0.05, 0) is 37.5 Å². The number of hydrogen-bond donors (Lipinski definition) is 1. The molecule has 1 saturated carbocycles. The van der Waals surface area contributed by atoms with Crippen LogP contribution in [0.5, 0.6) is 5.75 Å². The lowest BCUT2D eigenvalue weighted by atomic mass is 9.92. The van der Waals surface area contributed by atoms with Crippen LogP contribution in [0.15, 0.2) is 24.3 Å². The van der Waals surface area contributed by atoms with E-state index in [-0.39, 0.29) is 18.4 Å². The minimum Gasteiger partial charge on any atom is -0.497 e. The average Bonchev–Trinajstić information content (AvgIpc) is 3.42. The molecule has 1 aliphatic heterocycles. The standard InChI is InChI=1S/C18H24N2O4/c1-17(15(21)19-2)12-20(10-11-24-17)16(22)18(8-9-18)13-4-6-14(23-3)7-5-13/h4-7H,8-12H2,1-3H3,(H,19,21). The Kier molecular flexibility index (Phi) is 4.25. The first-order valence-corrected chi connectivity index (χ1v) is 8.25. The fraction of sp³-hybridized carbons (Fsp3) is 0.556. The molecule has 130 valence electrons. The zero-order valence-corrected chi connectivity index (χ0v) is 14.4. The van der Waals surface area contributed by atoms with Crippen LogP contribution in [0, 0.1) is 0 Å². The Balaban J connectivity index is 1.79. The van der Waals surface area contributed by atoms with Gasteiger partial charge in [-0.25, -0.2) is 0 Å². The first-order chi connectivity index (χ1) is 11.4. The van der Waals surface area contributed by atoms with Gasteiger partial charge in [0.25, 0.3) is 5.91 Å². The lowest BCUT2D eigenvalue weighted by Crippen LogP contribution is -2.60. The van der Waals surface area contributed by atoms with Crippen LogP contribution in [-0.4, -0.2) is 56.2 Å². The summed E-state index contributed by atoms with van der Waals surface area (Å²) in [6, 6.07) is 7.69. The molecule has 24 heavy (non-hydrogen) atoms. The van der Waals surface area contributed by atoms with Crippen molar-refractivity contribution < 1.29 is 19.1 Å². The van der Waals surface area contributed by atoms with Crippen molar-refractivity contribution >= 4 is 11.8 Å². The molecule has 0 radical (unpaired) electrons. The van der Waals surface area contributed by atoms with Crippen LogP contribution in [0.2, 0.25) is 0 Å². The summed E-state index contributed by atoms with van der Waals surface area (Å²) in [6.07, 6.45) is 1.68. The van der Waals surface area contributed by atoms with E-state index in [4.69, 9.17) is 9.47 Å². The van der Waals surface area contributed by atoms with E-state index in [0.717, 1.165) is 24.2 Å². The maximum Gasteiger partial charge on any atom is 0.253 e. The summed E-state index contributed by atoms with van der Waals surface area (Å²) < 4.78 is 10.8. The van der Waals surface area contributed by atoms with E-state index >= 15 is 0 Å². The van der Waals surface area contributed by atoms with Crippen LogP contribution < -0.4 is 10.1 Å². The fourth-order valence-electron chi connectivity index (χ4n) is 3.41. The van der Waals surface area contributed by atoms with Crippen molar-refractivity contribution in [2.45, 2.75) is 30.8 Å². The van der Waals surface area contributed by atoms with E-state index in [1.54, 1.807) is 26.0 Å². The Labute approximate surface area is 142 Å². The van der Waals surface area contributed by atoms with Gasteiger partial charge in [0.05, 0.1) is 25.7 Å². The van der Waals surface area contributed by atoms with Gasteiger partial charge in [-0.1, -0.05) is 12.1 Å². The zero-order valence-electron chi connectivity index (χ0n) is 14.4. The Hall–Kier alpha value is -2.08. The molecule has 1 atom stereocenters. The maximum absolute atomic E-state index is 13.1. The van der Waals surface area contributed by atoms with Crippen LogP contribution in [0.25, 0.3) is 0 Å². The highest BCUT2D eigenvalue weighted by Gasteiger charge is 2.54. The largest absolute Gasteiger partial charge is 0.497 e. The number of methoxy groups -OCH3 is 1. The number of benzene rings is 1. The molecule has 1 aliphatic carbocycles. The topological polar surface area (TPSA) is 67.9 Å². The number of carbonyl (C=O) groups is 2. The van der Waals surface area contributed by atoms with Crippen molar-refractivity contribution in [3.63, 3.8) is 0 Å². The van der Waals surface area contributed by atoms with Gasteiger partial charge in [-0.15, -0.1) is 0 Å². The van der Waals surface area contributed by atoms with E-state index in [2.05, 4.69) is 5.32 Å². The molecular formula is C18H24N2O4. The molecule has 6 heteroatoms. The second-order valence-electron chi connectivity index (χ2n) is 6.70. The quantitative estimate of drug-likeness (QED) is 0.896. The SMILES string of the molecule is CNC(=O)C1(C)CN(C(=O)C2(c3ccc(OC)cc3)CC2)CCO1. The molecule has 1 unspecified atom stereocenters. The summed E-state index contributed by atoms with van der Waals surface area (Å²) in [5.41, 5.74) is -0.423. The minimum absolute atomic E-state index is 0.0890. The van der Waals surface area contributed by atoms with Gasteiger partial charge in [-0.3, -0.25) is 9.59 Å². The number of nitrogens with zero attached hydrogens (tertiary/aromatic N) is 1. The third-order valence-electron chi connectivity index (χ3n) is 5.07. The van der Waals surface area contributed by atoms with Gasteiger partial charge in [0, 0.05) is 13.6 Å². The normalized spacial score (nSPS) is 25.0. The van der Waals surface area contributed by atoms with Crippen LogP contribution in [0.1, 0.15) is 25.3 Å². The molecule has 2 fully saturated rings. The highest BCUT2D eigenvalue weighted by molar-refractivity contribution is 5.92. The van der Waals surface area contributed by atoms with Gasteiger partial charge in [0.2, 0.25) is 5.91 Å². The number of carbonyl (C=O) groups excluding carboxylic acids is 2. The summed E-state index contributed by atoms with van der Waals surface area (Å²) in [6.45, 7) is 2.90. The second kappa shape index (κ2) is 6.09. The highest BCUT2D eigenvalue weighted by atomic mass is 16.5. The Morgan fingerprint density at radius 3 is 2.46 bits per heavy atom. The molecule has 0 spiro atoms. The lowest BCUT2D eigenvalue weighted by molar-refractivity contribution is -0.163. The van der Waals surface area contributed by atoms with Crippen molar-refractivity contribution in [3.8, 4) is 5.75 Å². The molecule has 0 aromatic heterocycles. The van der Waals surface area contributed by atoms with Crippen molar-refractivity contribution in [2.75, 3.05) is 33.9 Å². The van der Waals surface area contributed by atoms with Gasteiger partial charge in [0.1, 0.15) is 5.75 Å². The van der Waals surface area contributed by atoms with Crippen LogP contribution >= 0.6 is 0 Å². The van der Waals surface area contributed by atoms with Crippen molar-refractivity contribution in [3.05, 3.63) is 29.8 Å². The van der Waals surface area contributed by atoms with E-state index in [1.807, 2.05) is 24.3 Å². The molecule has 1 saturated heterocycles. The van der Waals surface area contributed by atoms with Crippen molar-refractivity contribution in [1.29, 1.82) is 0 Å². The average molecular weight is 332 g/mol. The third-order valence-corrected chi connectivity index (χ3v) is 5.07. The first-order valence-electron chi connectivity index (χ1n) is 8.25. The first kappa shape index (κ1) is 16.8. The predicted octanol–water partition coefficient (Wildman–Crippen LogP) is 1.09. The number of likely N-dealkylation sites (N-methyl/N-ethyl adjacent to an activating group) is 1. The van der Waals surface area contributed by atoms with E-state index in [1.165, 1.54) is 0 Å². The molecule has 2 amide bonds. The third kappa shape index (κ3) is 2.75. The van der Waals surface area contributed by atoms with Crippen LogP contribution in [0.4, 0.5) is 0 Å². The van der Waals surface area contributed by atoms with Gasteiger partial charge >= 0.3 is 0 Å². The minimum atomic E-state index is -0.987. The molecule has 1 aromatic carbocycles. The van der Waals surface area contributed by atoms with Gasteiger partial charge in [0.15, 0.2) is 5.60 Å². The molecule has 1 N–H and O–H groups in total. The van der Waals surface area contributed by atoms with Gasteiger partial charge in [-0.2, -0.15) is 0 Å². The molecule has 1 heterocycles. The number of morpholine rings is 1. The Bertz CT molecular complexity index is 639. The number of ether oxygens (including phenoxy) is 2. The molecule has 1 aromatic rings. The highest BCUT2D eigenvalue weighted by Crippen LogP contribution is 2.50. The second-order valence-corrected chi connectivity index (χ2v) is 6.70. The molecule has 6 nitrogen and oxygen atoms in total. The number of nitrogens with one attached hydrogen (secondary N) is 1. The maximum atomic E-state index is 13.1. The van der Waals surface area contributed by atoms with Gasteiger partial charge < -0.3 is 19.7 Å². The summed E-state index contributed by atoms with van der Waals surface area (Å²) in [4.78, 5) is 27.0. The Morgan fingerprint density at radius 2 is 1.92 bits per heavy atom. The van der Waals surface area contributed by atoms with E-state index in [0.29, 0.717) is 13.2 Å². The summed E-state index contributed by atoms with van der Waals surface area (Å²) in [7, 11) is 3.21. The summed E-state index contributed by atoms with van der Waals surface area (Å²) in [5.74, 6) is 0.668. The molecule has 0 bridgehead atoms. The van der Waals surface area contributed by atoms with E-state index in [9.17, 15) is 9.59 Å². The monoisotopic (exact) mass is 332 g/mol. The van der Waals surface area contributed by atoms with Crippen molar-refractivity contribution in [2.24, 2.45) is 0 Å². The number of amides is 2. The van der Waals surface area contributed by atoms with Crippen LogP contribution in [0.3, 0.4) is 0 Å². The molecule has 2 aliphatic rings. The predicted molar refractivity (Wildman–Crippen MR) is 88.9 cm³/mol. The van der Waals surface area contributed by atoms with Crippen LogP contribution in [-0.2, 0) is 19.7 Å².